The number of carbonyl (C=O) groups excluding carboxylic acids is 1. The van der Waals surface area contributed by atoms with Crippen LogP contribution in [0.25, 0.3) is 0 Å². The van der Waals surface area contributed by atoms with E-state index in [-0.39, 0.29) is 19.5 Å². The molecule has 2 N–H and O–H groups in total. The van der Waals surface area contributed by atoms with E-state index in [0.717, 1.165) is 13.2 Å². The van der Waals surface area contributed by atoms with E-state index in [9.17, 15) is 0 Å². The quantitative estimate of drug-likeness (QED) is 0.634. The van der Waals surface area contributed by atoms with Crippen molar-refractivity contribution in [3.05, 3.63) is 0 Å². The van der Waals surface area contributed by atoms with Crippen molar-refractivity contribution in [3.8, 4) is 0 Å². The molecule has 0 aromatic heterocycles. The lowest BCUT2D eigenvalue weighted by Crippen LogP contribution is -2.11. The molecule has 0 spiro atoms. The summed E-state index contributed by atoms with van der Waals surface area (Å²) in [5.74, 6) is 0. The van der Waals surface area contributed by atoms with E-state index in [1.54, 1.807) is 0 Å². The lowest BCUT2D eigenvalue weighted by molar-refractivity contribution is -0.123. The average molecular weight is 210 g/mol. The van der Waals surface area contributed by atoms with Gasteiger partial charge in [0.2, 0.25) is 0 Å². The first-order valence-electron chi connectivity index (χ1n) is 4.46. The first-order chi connectivity index (χ1) is 6.72. The highest BCUT2D eigenvalue weighted by molar-refractivity contribution is 5.10. The van der Waals surface area contributed by atoms with Crippen molar-refractivity contribution in [1.82, 2.24) is 0 Å². The molecule has 0 saturated heterocycles. The van der Waals surface area contributed by atoms with E-state index >= 15 is 0 Å². The molecule has 14 heavy (non-hydrogen) atoms. The molecule has 0 aliphatic heterocycles. The lowest BCUT2D eigenvalue weighted by atomic mass is 10.7. The SMILES string of the molecule is C=O.CCOC(C)OCC.OCCO. The second-order valence-corrected chi connectivity index (χ2v) is 1.93. The van der Waals surface area contributed by atoms with Gasteiger partial charge in [-0.25, -0.2) is 0 Å². The van der Waals surface area contributed by atoms with Gasteiger partial charge in [-0.2, -0.15) is 0 Å². The van der Waals surface area contributed by atoms with Gasteiger partial charge in [0.25, 0.3) is 0 Å². The van der Waals surface area contributed by atoms with Crippen molar-refractivity contribution >= 4 is 6.79 Å². The molecule has 0 unspecified atom stereocenters. The lowest BCUT2D eigenvalue weighted by Gasteiger charge is -2.09. The van der Waals surface area contributed by atoms with Crippen molar-refractivity contribution < 1.29 is 24.5 Å². The first kappa shape index (κ1) is 19.1. The Morgan fingerprint density at radius 1 is 1.07 bits per heavy atom. The van der Waals surface area contributed by atoms with Crippen LogP contribution in [0.4, 0.5) is 0 Å². The second-order valence-electron chi connectivity index (χ2n) is 1.93. The van der Waals surface area contributed by atoms with Gasteiger partial charge in [-0.3, -0.25) is 0 Å². The summed E-state index contributed by atoms with van der Waals surface area (Å²) in [7, 11) is 0. The van der Waals surface area contributed by atoms with E-state index in [4.69, 9.17) is 24.5 Å². The highest BCUT2D eigenvalue weighted by atomic mass is 16.7. The second kappa shape index (κ2) is 22.9. The molecular weight excluding hydrogens is 188 g/mol. The van der Waals surface area contributed by atoms with Gasteiger partial charge in [0, 0.05) is 13.2 Å². The maximum absolute atomic E-state index is 8.00. The number of ether oxygens (including phenoxy) is 2. The van der Waals surface area contributed by atoms with Crippen LogP contribution in [0.1, 0.15) is 20.8 Å². The Morgan fingerprint density at radius 3 is 1.50 bits per heavy atom. The maximum atomic E-state index is 8.00. The van der Waals surface area contributed by atoms with Gasteiger partial charge in [-0.15, -0.1) is 0 Å². The zero-order valence-electron chi connectivity index (χ0n) is 9.23. The maximum Gasteiger partial charge on any atom is 0.154 e. The fourth-order valence-corrected chi connectivity index (χ4v) is 0.518. The Bertz CT molecular complexity index is 71.6. The minimum Gasteiger partial charge on any atom is -0.394 e. The summed E-state index contributed by atoms with van der Waals surface area (Å²) in [6, 6.07) is 0. The summed E-state index contributed by atoms with van der Waals surface area (Å²) >= 11 is 0. The third-order valence-electron chi connectivity index (χ3n) is 0.903. The van der Waals surface area contributed by atoms with Crippen molar-refractivity contribution in [2.45, 2.75) is 27.1 Å². The van der Waals surface area contributed by atoms with Gasteiger partial charge in [0.05, 0.1) is 13.2 Å². The minimum absolute atomic E-state index is 0.0370. The number of hydrogen-bond acceptors (Lipinski definition) is 5. The Hall–Kier alpha value is -0.490. The van der Waals surface area contributed by atoms with Gasteiger partial charge in [-0.05, 0) is 20.8 Å². The van der Waals surface area contributed by atoms with Crippen LogP contribution in [0.5, 0.6) is 0 Å². The van der Waals surface area contributed by atoms with Crippen LogP contribution in [0, 0.1) is 0 Å². The van der Waals surface area contributed by atoms with Crippen molar-refractivity contribution in [2.75, 3.05) is 26.4 Å². The van der Waals surface area contributed by atoms with Gasteiger partial charge in [-0.1, -0.05) is 0 Å². The molecule has 0 saturated carbocycles. The number of aliphatic hydroxyl groups excluding tert-OH is 2. The largest absolute Gasteiger partial charge is 0.394 e. The number of hydrogen-bond donors (Lipinski definition) is 2. The molecule has 0 radical (unpaired) electrons. The molecule has 0 atom stereocenters. The Morgan fingerprint density at radius 2 is 1.36 bits per heavy atom. The molecule has 0 fully saturated rings. The summed E-state index contributed by atoms with van der Waals surface area (Å²) in [5, 5.41) is 15.2. The van der Waals surface area contributed by atoms with E-state index in [1.165, 1.54) is 0 Å². The normalized spacial score (nSPS) is 8.43. The summed E-state index contributed by atoms with van der Waals surface area (Å²) < 4.78 is 10.1. The van der Waals surface area contributed by atoms with Crippen molar-refractivity contribution in [3.63, 3.8) is 0 Å². The molecule has 0 bridgehead atoms. The minimum atomic E-state index is -0.125. The molecular formula is C9H22O5. The predicted octanol–water partition coefficient (Wildman–Crippen LogP) is 0.192. The molecule has 0 aliphatic carbocycles. The molecule has 0 amide bonds. The predicted molar refractivity (Wildman–Crippen MR) is 54.0 cm³/mol. The number of rotatable bonds is 5. The van der Waals surface area contributed by atoms with Gasteiger partial charge >= 0.3 is 0 Å². The monoisotopic (exact) mass is 210 g/mol. The van der Waals surface area contributed by atoms with E-state index in [0.29, 0.717) is 0 Å². The zero-order valence-corrected chi connectivity index (χ0v) is 9.23. The van der Waals surface area contributed by atoms with Crippen LogP contribution in [0.3, 0.4) is 0 Å². The summed E-state index contributed by atoms with van der Waals surface area (Å²) in [4.78, 5) is 8.00. The zero-order chi connectivity index (χ0) is 11.8. The molecule has 0 aromatic rings. The van der Waals surface area contributed by atoms with Crippen LogP contribution in [-0.2, 0) is 14.3 Å². The Kier molecular flexibility index (Phi) is 31.3. The topological polar surface area (TPSA) is 76.0 Å². The van der Waals surface area contributed by atoms with E-state index in [1.807, 2.05) is 27.6 Å². The van der Waals surface area contributed by atoms with Crippen LogP contribution in [-0.4, -0.2) is 49.7 Å². The van der Waals surface area contributed by atoms with Crippen LogP contribution in [0.15, 0.2) is 0 Å². The number of carbonyl (C=O) groups is 1. The Labute approximate surface area is 85.6 Å². The summed E-state index contributed by atoms with van der Waals surface area (Å²) in [5.41, 5.74) is 0. The van der Waals surface area contributed by atoms with Crippen LogP contribution in [0.2, 0.25) is 0 Å². The van der Waals surface area contributed by atoms with Gasteiger partial charge in [0.15, 0.2) is 6.29 Å². The van der Waals surface area contributed by atoms with E-state index < -0.39 is 0 Å². The molecule has 5 nitrogen and oxygen atoms in total. The van der Waals surface area contributed by atoms with Crippen LogP contribution >= 0.6 is 0 Å². The van der Waals surface area contributed by atoms with Crippen molar-refractivity contribution in [1.29, 1.82) is 0 Å². The summed E-state index contributed by atoms with van der Waals surface area (Å²) in [6.45, 7) is 9.00. The molecule has 88 valence electrons. The molecule has 0 heterocycles. The summed E-state index contributed by atoms with van der Waals surface area (Å²) in [6.07, 6.45) is -0.0370. The smallest absolute Gasteiger partial charge is 0.154 e. The average Bonchev–Trinajstić information content (AvgIpc) is 2.22. The third-order valence-corrected chi connectivity index (χ3v) is 0.903. The molecule has 0 aromatic carbocycles. The fourth-order valence-electron chi connectivity index (χ4n) is 0.518. The first-order valence-corrected chi connectivity index (χ1v) is 4.46. The fraction of sp³-hybridized carbons (Fsp3) is 0.889. The third kappa shape index (κ3) is 30.0. The highest BCUT2D eigenvalue weighted by Gasteiger charge is 1.94. The highest BCUT2D eigenvalue weighted by Crippen LogP contribution is 1.90. The van der Waals surface area contributed by atoms with Crippen molar-refractivity contribution in [2.24, 2.45) is 0 Å². The standard InChI is InChI=1S/C6H14O2.C2H6O2.CH2O/c1-4-7-6(3)8-5-2;3-1-2-4;1-2/h6H,4-5H2,1-3H3;3-4H,1-2H2;1H2. The van der Waals surface area contributed by atoms with Gasteiger partial charge in [0.1, 0.15) is 6.79 Å². The van der Waals surface area contributed by atoms with Crippen LogP contribution < -0.4 is 0 Å². The molecule has 5 heteroatoms. The molecule has 0 rings (SSSR count). The van der Waals surface area contributed by atoms with E-state index in [2.05, 4.69) is 0 Å². The number of aliphatic hydroxyl groups is 2. The Balaban J connectivity index is -0.000000170. The van der Waals surface area contributed by atoms with Gasteiger partial charge < -0.3 is 24.5 Å². The molecule has 0 aliphatic rings.